The fourth-order valence-corrected chi connectivity index (χ4v) is 2.98. The Kier molecular flexibility index (Phi) is 5.30. The van der Waals surface area contributed by atoms with E-state index >= 15 is 0 Å². The van der Waals surface area contributed by atoms with E-state index < -0.39 is 23.2 Å². The van der Waals surface area contributed by atoms with Gasteiger partial charge < -0.3 is 19.5 Å². The van der Waals surface area contributed by atoms with E-state index in [1.807, 2.05) is 0 Å². The maximum absolute atomic E-state index is 13.7. The molecule has 1 N–H and O–H groups in total. The molecule has 0 saturated heterocycles. The summed E-state index contributed by atoms with van der Waals surface area (Å²) in [7, 11) is 1.26. The van der Waals surface area contributed by atoms with Gasteiger partial charge in [-0.2, -0.15) is 0 Å². The molecular formula is C20H20FNO5. The molecule has 2 aromatic rings. The second-order valence-electron chi connectivity index (χ2n) is 6.38. The number of benzene rings is 2. The first-order valence-electron chi connectivity index (χ1n) is 8.47. The van der Waals surface area contributed by atoms with Gasteiger partial charge in [0.1, 0.15) is 19.0 Å². The monoisotopic (exact) mass is 373 g/mol. The molecule has 1 heterocycles. The van der Waals surface area contributed by atoms with Crippen LogP contribution in [-0.4, -0.2) is 32.2 Å². The van der Waals surface area contributed by atoms with Crippen LogP contribution >= 0.6 is 0 Å². The summed E-state index contributed by atoms with van der Waals surface area (Å²) in [4.78, 5) is 24.9. The number of halogens is 1. The van der Waals surface area contributed by atoms with Crippen molar-refractivity contribution in [3.05, 3.63) is 59.4 Å². The lowest BCUT2D eigenvalue weighted by atomic mass is 9.88. The Labute approximate surface area is 156 Å². The zero-order valence-corrected chi connectivity index (χ0v) is 15.1. The molecule has 142 valence electrons. The summed E-state index contributed by atoms with van der Waals surface area (Å²) >= 11 is 0. The highest BCUT2D eigenvalue weighted by molar-refractivity contribution is 5.98. The Morgan fingerprint density at radius 3 is 2.67 bits per heavy atom. The number of nitrogens with one attached hydrogen (secondary N) is 1. The van der Waals surface area contributed by atoms with Crippen LogP contribution < -0.4 is 14.8 Å². The second-order valence-corrected chi connectivity index (χ2v) is 6.38. The molecule has 0 saturated carbocycles. The van der Waals surface area contributed by atoms with E-state index in [4.69, 9.17) is 14.2 Å². The van der Waals surface area contributed by atoms with E-state index in [-0.39, 0.29) is 12.0 Å². The lowest BCUT2D eigenvalue weighted by molar-refractivity contribution is -0.142. The molecule has 0 bridgehead atoms. The number of carbonyl (C=O) groups excluding carboxylic acids is 2. The molecule has 1 aliphatic rings. The van der Waals surface area contributed by atoms with Crippen molar-refractivity contribution in [2.75, 3.05) is 20.3 Å². The Morgan fingerprint density at radius 1 is 1.19 bits per heavy atom. The van der Waals surface area contributed by atoms with Gasteiger partial charge in [-0.25, -0.2) is 4.39 Å². The summed E-state index contributed by atoms with van der Waals surface area (Å²) < 4.78 is 29.6. The highest BCUT2D eigenvalue weighted by atomic mass is 19.1. The van der Waals surface area contributed by atoms with Gasteiger partial charge in [0.2, 0.25) is 0 Å². The van der Waals surface area contributed by atoms with Crippen molar-refractivity contribution in [2.45, 2.75) is 18.9 Å². The summed E-state index contributed by atoms with van der Waals surface area (Å²) in [6, 6.07) is 10.7. The number of hydrogen-bond donors (Lipinski definition) is 1. The minimum atomic E-state index is -1.18. The largest absolute Gasteiger partial charge is 0.486 e. The van der Waals surface area contributed by atoms with Crippen molar-refractivity contribution in [1.82, 2.24) is 5.32 Å². The van der Waals surface area contributed by atoms with Crippen molar-refractivity contribution in [2.24, 2.45) is 0 Å². The summed E-state index contributed by atoms with van der Waals surface area (Å²) in [5, 5.41) is 2.83. The molecule has 0 radical (unpaired) electrons. The number of hydrogen-bond acceptors (Lipinski definition) is 5. The van der Waals surface area contributed by atoms with Gasteiger partial charge in [0.05, 0.1) is 24.6 Å². The van der Waals surface area contributed by atoms with E-state index in [1.165, 1.54) is 25.3 Å². The van der Waals surface area contributed by atoms with Crippen molar-refractivity contribution >= 4 is 11.9 Å². The normalized spacial score (nSPS) is 14.8. The first-order chi connectivity index (χ1) is 12.9. The van der Waals surface area contributed by atoms with Crippen molar-refractivity contribution in [3.63, 3.8) is 0 Å². The topological polar surface area (TPSA) is 73.9 Å². The van der Waals surface area contributed by atoms with Crippen LogP contribution in [0, 0.1) is 5.82 Å². The van der Waals surface area contributed by atoms with Crippen molar-refractivity contribution in [3.8, 4) is 11.5 Å². The highest BCUT2D eigenvalue weighted by Gasteiger charge is 2.34. The van der Waals surface area contributed by atoms with E-state index in [0.29, 0.717) is 30.3 Å². The number of esters is 1. The third-order valence-electron chi connectivity index (χ3n) is 4.39. The molecule has 2 aromatic carbocycles. The molecule has 1 aliphatic heterocycles. The molecule has 1 atom stereocenters. The molecule has 3 rings (SSSR count). The standard InChI is InChI=1S/C20H20FNO5/c1-20(12-17(23)25-2,13-5-3-6-14(21)11-13)22-19(24)15-7-4-8-16-18(15)27-10-9-26-16/h3-8,11H,9-10,12H2,1-2H3,(H,22,24). The zero-order valence-electron chi connectivity index (χ0n) is 15.1. The van der Waals surface area contributed by atoms with Gasteiger partial charge in [0.25, 0.3) is 5.91 Å². The Bertz CT molecular complexity index is 869. The molecule has 1 unspecified atom stereocenters. The fraction of sp³-hybridized carbons (Fsp3) is 0.300. The molecular weight excluding hydrogens is 353 g/mol. The maximum atomic E-state index is 13.7. The lowest BCUT2D eigenvalue weighted by Gasteiger charge is -2.31. The predicted molar refractivity (Wildman–Crippen MR) is 95.3 cm³/mol. The summed E-state index contributed by atoms with van der Waals surface area (Å²) in [5.41, 5.74) is -0.451. The molecule has 0 spiro atoms. The first kappa shape index (κ1) is 18.7. The van der Waals surface area contributed by atoms with Gasteiger partial charge in [-0.15, -0.1) is 0 Å². The molecule has 1 amide bonds. The fourth-order valence-electron chi connectivity index (χ4n) is 2.98. The smallest absolute Gasteiger partial charge is 0.308 e. The van der Waals surface area contributed by atoms with E-state index in [0.717, 1.165) is 0 Å². The highest BCUT2D eigenvalue weighted by Crippen LogP contribution is 2.34. The second kappa shape index (κ2) is 7.65. The summed E-state index contributed by atoms with van der Waals surface area (Å²) in [6.07, 6.45) is -0.162. The average molecular weight is 373 g/mol. The third-order valence-corrected chi connectivity index (χ3v) is 4.39. The summed E-state index contributed by atoms with van der Waals surface area (Å²) in [5.74, 6) is -0.633. The van der Waals surface area contributed by atoms with Gasteiger partial charge in [0.15, 0.2) is 11.5 Å². The Hall–Kier alpha value is -3.09. The number of methoxy groups -OCH3 is 1. The van der Waals surface area contributed by atoms with Crippen LogP contribution in [0.5, 0.6) is 11.5 Å². The number of fused-ring (bicyclic) bond motifs is 1. The Balaban J connectivity index is 1.95. The van der Waals surface area contributed by atoms with Crippen LogP contribution in [0.2, 0.25) is 0 Å². The molecule has 0 aliphatic carbocycles. The number of rotatable bonds is 5. The van der Waals surface area contributed by atoms with Crippen LogP contribution in [0.15, 0.2) is 42.5 Å². The number of carbonyl (C=O) groups is 2. The van der Waals surface area contributed by atoms with Crippen LogP contribution in [0.4, 0.5) is 4.39 Å². The summed E-state index contributed by atoms with van der Waals surface area (Å²) in [6.45, 7) is 2.38. The minimum absolute atomic E-state index is 0.162. The van der Waals surface area contributed by atoms with Gasteiger partial charge in [0, 0.05) is 0 Å². The number of amides is 1. The lowest BCUT2D eigenvalue weighted by Crippen LogP contribution is -2.45. The molecule has 0 fully saturated rings. The van der Waals surface area contributed by atoms with Gasteiger partial charge in [-0.3, -0.25) is 9.59 Å². The van der Waals surface area contributed by atoms with Crippen molar-refractivity contribution in [1.29, 1.82) is 0 Å². The van der Waals surface area contributed by atoms with E-state index in [2.05, 4.69) is 5.32 Å². The molecule has 0 aromatic heterocycles. The van der Waals surface area contributed by atoms with Crippen LogP contribution in [0.25, 0.3) is 0 Å². The van der Waals surface area contributed by atoms with Crippen LogP contribution in [0.3, 0.4) is 0 Å². The van der Waals surface area contributed by atoms with E-state index in [9.17, 15) is 14.0 Å². The molecule has 27 heavy (non-hydrogen) atoms. The van der Waals surface area contributed by atoms with Gasteiger partial charge >= 0.3 is 5.97 Å². The van der Waals surface area contributed by atoms with Crippen LogP contribution in [0.1, 0.15) is 29.3 Å². The van der Waals surface area contributed by atoms with Gasteiger partial charge in [-0.05, 0) is 36.8 Å². The zero-order chi connectivity index (χ0) is 19.4. The third kappa shape index (κ3) is 4.02. The van der Waals surface area contributed by atoms with E-state index in [1.54, 1.807) is 31.2 Å². The molecule has 6 nitrogen and oxygen atoms in total. The minimum Gasteiger partial charge on any atom is -0.486 e. The van der Waals surface area contributed by atoms with Gasteiger partial charge in [-0.1, -0.05) is 18.2 Å². The number of ether oxygens (including phenoxy) is 3. The molecule has 7 heteroatoms. The maximum Gasteiger partial charge on any atom is 0.308 e. The average Bonchev–Trinajstić information content (AvgIpc) is 2.67. The number of para-hydroxylation sites is 1. The van der Waals surface area contributed by atoms with Crippen LogP contribution in [-0.2, 0) is 15.1 Å². The first-order valence-corrected chi connectivity index (χ1v) is 8.47. The predicted octanol–water partition coefficient (Wildman–Crippen LogP) is 2.81. The SMILES string of the molecule is COC(=O)CC(C)(NC(=O)c1cccc2c1OCCO2)c1cccc(F)c1. The Morgan fingerprint density at radius 2 is 1.93 bits per heavy atom. The van der Waals surface area contributed by atoms with Crippen molar-refractivity contribution < 1.29 is 28.2 Å². The quantitative estimate of drug-likeness (QED) is 0.816.